The van der Waals surface area contributed by atoms with Crippen molar-refractivity contribution in [2.75, 3.05) is 12.8 Å². The van der Waals surface area contributed by atoms with Crippen molar-refractivity contribution in [2.24, 2.45) is 16.6 Å². The summed E-state index contributed by atoms with van der Waals surface area (Å²) in [6.07, 6.45) is 2.07. The monoisotopic (exact) mass is 251 g/mol. The van der Waals surface area contributed by atoms with Crippen LogP contribution in [0.2, 0.25) is 0 Å². The molecule has 0 aliphatic rings. The van der Waals surface area contributed by atoms with Crippen molar-refractivity contribution in [1.29, 1.82) is 0 Å². The molecule has 0 fully saturated rings. The first-order chi connectivity index (χ1) is 8.11. The maximum Gasteiger partial charge on any atom is 0.188 e. The van der Waals surface area contributed by atoms with Crippen LogP contribution in [0.25, 0.3) is 0 Å². The number of benzene rings is 1. The van der Waals surface area contributed by atoms with Gasteiger partial charge in [-0.15, -0.1) is 11.8 Å². The molecule has 0 radical (unpaired) electrons. The van der Waals surface area contributed by atoms with E-state index in [1.54, 1.807) is 11.8 Å². The van der Waals surface area contributed by atoms with Gasteiger partial charge in [0.1, 0.15) is 0 Å². The normalized spacial score (nSPS) is 11.9. The predicted molar refractivity (Wildman–Crippen MR) is 76.4 cm³/mol. The summed E-state index contributed by atoms with van der Waals surface area (Å²) in [7, 11) is 0. The first kappa shape index (κ1) is 13.9. The zero-order valence-corrected chi connectivity index (χ0v) is 11.6. The van der Waals surface area contributed by atoms with Crippen LogP contribution in [0.1, 0.15) is 19.4 Å². The van der Waals surface area contributed by atoms with Crippen LogP contribution < -0.4 is 11.1 Å². The van der Waals surface area contributed by atoms with Crippen LogP contribution in [-0.2, 0) is 6.54 Å². The van der Waals surface area contributed by atoms with Crippen molar-refractivity contribution in [3.05, 3.63) is 29.8 Å². The Morgan fingerprint density at radius 2 is 2.00 bits per heavy atom. The van der Waals surface area contributed by atoms with Gasteiger partial charge in [0.05, 0.1) is 6.54 Å². The Balaban J connectivity index is 2.45. The molecule has 1 rings (SSSR count). The molecule has 1 aromatic rings. The highest BCUT2D eigenvalue weighted by molar-refractivity contribution is 7.98. The quantitative estimate of drug-likeness (QED) is 0.480. The lowest BCUT2D eigenvalue weighted by molar-refractivity contribution is 0.622. The van der Waals surface area contributed by atoms with E-state index in [9.17, 15) is 0 Å². The molecule has 1 aromatic carbocycles. The summed E-state index contributed by atoms with van der Waals surface area (Å²) in [5.41, 5.74) is 6.94. The van der Waals surface area contributed by atoms with Gasteiger partial charge in [-0.25, -0.2) is 4.99 Å². The van der Waals surface area contributed by atoms with Gasteiger partial charge in [0, 0.05) is 11.4 Å². The van der Waals surface area contributed by atoms with E-state index >= 15 is 0 Å². The standard InChI is InChI=1S/C13H21N3S/c1-10(2)8-15-13(14)16-9-11-4-6-12(17-3)7-5-11/h4-7,10H,8-9H2,1-3H3,(H3,14,15,16). The molecule has 3 N–H and O–H groups in total. The SMILES string of the molecule is CSc1ccc(CN=C(N)NCC(C)C)cc1. The lowest BCUT2D eigenvalue weighted by Crippen LogP contribution is -2.34. The van der Waals surface area contributed by atoms with Gasteiger partial charge in [-0.1, -0.05) is 26.0 Å². The molecule has 0 amide bonds. The third kappa shape index (κ3) is 5.63. The first-order valence-electron chi connectivity index (χ1n) is 5.78. The number of hydrogen-bond acceptors (Lipinski definition) is 2. The molecule has 0 heterocycles. The molecule has 17 heavy (non-hydrogen) atoms. The average molecular weight is 251 g/mol. The minimum atomic E-state index is 0.521. The van der Waals surface area contributed by atoms with Crippen molar-refractivity contribution >= 4 is 17.7 Å². The highest BCUT2D eigenvalue weighted by Crippen LogP contribution is 2.15. The van der Waals surface area contributed by atoms with Gasteiger partial charge in [0.25, 0.3) is 0 Å². The second-order valence-electron chi connectivity index (χ2n) is 4.32. The van der Waals surface area contributed by atoms with Crippen LogP contribution in [0.15, 0.2) is 34.2 Å². The summed E-state index contributed by atoms with van der Waals surface area (Å²) in [5, 5.41) is 3.10. The third-order valence-corrected chi connectivity index (χ3v) is 3.03. The van der Waals surface area contributed by atoms with Gasteiger partial charge >= 0.3 is 0 Å². The Labute approximate surface area is 108 Å². The minimum Gasteiger partial charge on any atom is -0.370 e. The Hall–Kier alpha value is -1.16. The molecule has 0 saturated carbocycles. The number of hydrogen-bond donors (Lipinski definition) is 2. The van der Waals surface area contributed by atoms with Gasteiger partial charge < -0.3 is 11.1 Å². The minimum absolute atomic E-state index is 0.521. The molecule has 4 heteroatoms. The van der Waals surface area contributed by atoms with Crippen molar-refractivity contribution in [1.82, 2.24) is 5.32 Å². The maximum atomic E-state index is 5.76. The lowest BCUT2D eigenvalue weighted by Gasteiger charge is -2.07. The summed E-state index contributed by atoms with van der Waals surface area (Å²) >= 11 is 1.74. The Bertz CT molecular complexity index is 357. The van der Waals surface area contributed by atoms with Crippen LogP contribution in [-0.4, -0.2) is 18.8 Å². The summed E-state index contributed by atoms with van der Waals surface area (Å²) in [4.78, 5) is 5.57. The zero-order valence-electron chi connectivity index (χ0n) is 10.7. The van der Waals surface area contributed by atoms with E-state index in [0.29, 0.717) is 18.4 Å². The number of rotatable bonds is 5. The molecule has 0 atom stereocenters. The second kappa shape index (κ2) is 7.22. The molecule has 94 valence electrons. The van der Waals surface area contributed by atoms with Gasteiger partial charge in [0.2, 0.25) is 0 Å². The summed E-state index contributed by atoms with van der Waals surface area (Å²) < 4.78 is 0. The largest absolute Gasteiger partial charge is 0.370 e. The fourth-order valence-corrected chi connectivity index (χ4v) is 1.68. The van der Waals surface area contributed by atoms with E-state index < -0.39 is 0 Å². The Morgan fingerprint density at radius 1 is 1.35 bits per heavy atom. The number of nitrogens with zero attached hydrogens (tertiary/aromatic N) is 1. The summed E-state index contributed by atoms with van der Waals surface area (Å²) in [5.74, 6) is 1.09. The number of aliphatic imine (C=N–C) groups is 1. The molecule has 0 unspecified atom stereocenters. The number of guanidine groups is 1. The molecule has 3 nitrogen and oxygen atoms in total. The van der Waals surface area contributed by atoms with Gasteiger partial charge in [0.15, 0.2) is 5.96 Å². The zero-order chi connectivity index (χ0) is 12.7. The van der Waals surface area contributed by atoms with Crippen LogP contribution in [0.4, 0.5) is 0 Å². The number of thioether (sulfide) groups is 1. The lowest BCUT2D eigenvalue weighted by atomic mass is 10.2. The molecule has 0 saturated heterocycles. The molecule has 0 spiro atoms. The van der Waals surface area contributed by atoms with E-state index in [-0.39, 0.29) is 0 Å². The maximum absolute atomic E-state index is 5.76. The second-order valence-corrected chi connectivity index (χ2v) is 5.20. The predicted octanol–water partition coefficient (Wildman–Crippen LogP) is 2.47. The van der Waals surface area contributed by atoms with Crippen molar-refractivity contribution < 1.29 is 0 Å². The van der Waals surface area contributed by atoms with Crippen LogP contribution in [0, 0.1) is 5.92 Å². The fourth-order valence-electron chi connectivity index (χ4n) is 1.27. The fraction of sp³-hybridized carbons (Fsp3) is 0.462. The van der Waals surface area contributed by atoms with Crippen LogP contribution in [0.3, 0.4) is 0 Å². The van der Waals surface area contributed by atoms with Crippen LogP contribution >= 0.6 is 11.8 Å². The number of nitrogens with two attached hydrogens (primary N) is 1. The Morgan fingerprint density at radius 3 is 2.53 bits per heavy atom. The smallest absolute Gasteiger partial charge is 0.188 e. The van der Waals surface area contributed by atoms with Gasteiger partial charge in [-0.2, -0.15) is 0 Å². The van der Waals surface area contributed by atoms with E-state index in [0.717, 1.165) is 6.54 Å². The molecular formula is C13H21N3S. The molecule has 0 bridgehead atoms. The highest BCUT2D eigenvalue weighted by atomic mass is 32.2. The molecule has 0 aromatic heterocycles. The third-order valence-electron chi connectivity index (χ3n) is 2.28. The van der Waals surface area contributed by atoms with E-state index in [1.165, 1.54) is 10.5 Å². The highest BCUT2D eigenvalue weighted by Gasteiger charge is 1.96. The summed E-state index contributed by atoms with van der Waals surface area (Å²) in [6.45, 7) is 5.77. The molecular weight excluding hydrogens is 230 g/mol. The van der Waals surface area contributed by atoms with E-state index in [1.807, 2.05) is 0 Å². The average Bonchev–Trinajstić information content (AvgIpc) is 2.34. The Kier molecular flexibility index (Phi) is 5.91. The van der Waals surface area contributed by atoms with Gasteiger partial charge in [-0.05, 0) is 29.9 Å². The molecule has 0 aliphatic heterocycles. The van der Waals surface area contributed by atoms with Gasteiger partial charge in [-0.3, -0.25) is 0 Å². The van der Waals surface area contributed by atoms with Crippen molar-refractivity contribution in [3.63, 3.8) is 0 Å². The first-order valence-corrected chi connectivity index (χ1v) is 7.01. The topological polar surface area (TPSA) is 50.4 Å². The van der Waals surface area contributed by atoms with E-state index in [4.69, 9.17) is 5.73 Å². The van der Waals surface area contributed by atoms with Crippen LogP contribution in [0.5, 0.6) is 0 Å². The van der Waals surface area contributed by atoms with Crippen molar-refractivity contribution in [3.8, 4) is 0 Å². The molecule has 0 aliphatic carbocycles. The number of nitrogens with one attached hydrogen (secondary N) is 1. The van der Waals surface area contributed by atoms with Crippen molar-refractivity contribution in [2.45, 2.75) is 25.3 Å². The summed E-state index contributed by atoms with van der Waals surface area (Å²) in [6, 6.07) is 8.39. The van der Waals surface area contributed by atoms with E-state index in [2.05, 4.69) is 54.7 Å².